The van der Waals surface area contributed by atoms with Crippen LogP contribution in [0.25, 0.3) is 11.3 Å². The number of pyridine rings is 1. The Kier molecular flexibility index (Phi) is 6.40. The molecule has 0 bridgehead atoms. The summed E-state index contributed by atoms with van der Waals surface area (Å²) >= 11 is 24.7. The monoisotopic (exact) mass is 529 g/mol. The number of anilines is 1. The number of nitrogens with one attached hydrogen (secondary N) is 1. The van der Waals surface area contributed by atoms with Gasteiger partial charge in [-0.2, -0.15) is 0 Å². The number of hydrogen-bond donors (Lipinski definition) is 1. The largest absolute Gasteiger partial charge is 0.495 e. The maximum Gasteiger partial charge on any atom is 0.174 e. The van der Waals surface area contributed by atoms with Crippen LogP contribution < -0.4 is 15.0 Å². The third kappa shape index (κ3) is 4.23. The summed E-state index contributed by atoms with van der Waals surface area (Å²) in [7, 11) is 1.58. The lowest BCUT2D eigenvalue weighted by Crippen LogP contribution is -2.29. The number of methoxy groups -OCH3 is 1. The normalized spacial score (nSPS) is 17.6. The van der Waals surface area contributed by atoms with Gasteiger partial charge in [0.05, 0.1) is 28.9 Å². The van der Waals surface area contributed by atoms with E-state index in [0.717, 1.165) is 16.9 Å². The molecule has 0 saturated carbocycles. The third-order valence-corrected chi connectivity index (χ3v) is 6.78. The van der Waals surface area contributed by atoms with Crippen LogP contribution in [-0.2, 0) is 0 Å². The van der Waals surface area contributed by atoms with E-state index >= 15 is 0 Å². The van der Waals surface area contributed by atoms with Gasteiger partial charge in [-0.15, -0.1) is 0 Å². The van der Waals surface area contributed by atoms with Crippen molar-refractivity contribution in [1.29, 1.82) is 0 Å². The zero-order chi connectivity index (χ0) is 23.8. The molecule has 2 atom stereocenters. The van der Waals surface area contributed by atoms with Crippen LogP contribution in [0.5, 0.6) is 5.75 Å². The predicted octanol–water partition coefficient (Wildman–Crippen LogP) is 7.49. The lowest BCUT2D eigenvalue weighted by Gasteiger charge is -2.26. The number of hydrogen-bond acceptors (Lipinski definition) is 4. The van der Waals surface area contributed by atoms with Crippen LogP contribution >= 0.6 is 47.0 Å². The lowest BCUT2D eigenvalue weighted by atomic mass is 10.0. The minimum absolute atomic E-state index is 0.255. The molecule has 4 aromatic rings. The number of furan rings is 1. The average molecular weight is 531 g/mol. The Balaban J connectivity index is 1.61. The lowest BCUT2D eigenvalue weighted by molar-refractivity contribution is 0.415. The highest BCUT2D eigenvalue weighted by Gasteiger charge is 2.42. The number of benzene rings is 2. The second kappa shape index (κ2) is 9.47. The molecule has 1 aliphatic rings. The van der Waals surface area contributed by atoms with E-state index in [0.29, 0.717) is 37.5 Å². The van der Waals surface area contributed by atoms with Crippen LogP contribution in [0.2, 0.25) is 15.1 Å². The molecule has 2 aromatic heterocycles. The second-order valence-corrected chi connectivity index (χ2v) is 9.28. The summed E-state index contributed by atoms with van der Waals surface area (Å²) in [4.78, 5) is 6.54. The Morgan fingerprint density at radius 2 is 1.85 bits per heavy atom. The smallest absolute Gasteiger partial charge is 0.174 e. The molecule has 2 unspecified atom stereocenters. The van der Waals surface area contributed by atoms with Gasteiger partial charge in [-0.05, 0) is 72.9 Å². The molecule has 2 aromatic carbocycles. The summed E-state index contributed by atoms with van der Waals surface area (Å²) in [6.07, 6.45) is 1.76. The molecule has 1 saturated heterocycles. The summed E-state index contributed by atoms with van der Waals surface area (Å²) in [5, 5.41) is 5.48. The van der Waals surface area contributed by atoms with Crippen molar-refractivity contribution < 1.29 is 9.15 Å². The Morgan fingerprint density at radius 1 is 1.00 bits per heavy atom. The first kappa shape index (κ1) is 23.0. The number of thiocarbonyl (C=S) groups is 1. The minimum Gasteiger partial charge on any atom is -0.495 e. The number of rotatable bonds is 5. The summed E-state index contributed by atoms with van der Waals surface area (Å²) < 4.78 is 11.7. The van der Waals surface area contributed by atoms with Gasteiger partial charge < -0.3 is 19.4 Å². The zero-order valence-corrected chi connectivity index (χ0v) is 20.9. The summed E-state index contributed by atoms with van der Waals surface area (Å²) in [6.45, 7) is 0. The molecule has 0 spiro atoms. The predicted molar refractivity (Wildman–Crippen MR) is 140 cm³/mol. The van der Waals surface area contributed by atoms with Crippen LogP contribution in [-0.4, -0.2) is 17.2 Å². The first-order valence-corrected chi connectivity index (χ1v) is 11.9. The molecule has 1 aliphatic heterocycles. The van der Waals surface area contributed by atoms with Crippen LogP contribution in [0, 0.1) is 0 Å². The second-order valence-electron chi connectivity index (χ2n) is 7.64. The van der Waals surface area contributed by atoms with E-state index < -0.39 is 0 Å². The molecule has 3 heterocycles. The van der Waals surface area contributed by atoms with Gasteiger partial charge >= 0.3 is 0 Å². The van der Waals surface area contributed by atoms with E-state index in [1.807, 2.05) is 59.5 Å². The van der Waals surface area contributed by atoms with E-state index in [1.165, 1.54) is 0 Å². The molecular weight excluding hydrogens is 513 g/mol. The standard InChI is InChI=1S/C25H18Cl3N3O2S/c1-32-21-8-6-15(13-18(21)28)31-24(23(30-25(31)34)19-4-2-3-11-29-19)22-10-9-20(33-22)16-7-5-14(26)12-17(16)27/h2-13,23-24H,1H3,(H,30,34). The molecule has 1 fully saturated rings. The van der Waals surface area contributed by atoms with Crippen molar-refractivity contribution in [3.63, 3.8) is 0 Å². The number of aromatic nitrogens is 1. The Labute approximate surface area is 217 Å². The van der Waals surface area contributed by atoms with Gasteiger partial charge in [-0.25, -0.2) is 0 Å². The van der Waals surface area contributed by atoms with Crippen LogP contribution in [0.3, 0.4) is 0 Å². The van der Waals surface area contributed by atoms with Gasteiger partial charge in [0, 0.05) is 22.5 Å². The average Bonchev–Trinajstić information content (AvgIpc) is 3.44. The summed E-state index contributed by atoms with van der Waals surface area (Å²) in [5.41, 5.74) is 2.38. The van der Waals surface area contributed by atoms with Crippen molar-refractivity contribution in [3.8, 4) is 17.1 Å². The quantitative estimate of drug-likeness (QED) is 0.270. The Morgan fingerprint density at radius 3 is 2.56 bits per heavy atom. The van der Waals surface area contributed by atoms with E-state index in [1.54, 1.807) is 25.4 Å². The van der Waals surface area contributed by atoms with E-state index in [2.05, 4.69) is 10.3 Å². The SMILES string of the molecule is COc1ccc(N2C(=S)NC(c3ccccn3)C2c2ccc(-c3ccc(Cl)cc3Cl)o2)cc1Cl. The molecule has 5 nitrogen and oxygen atoms in total. The molecule has 34 heavy (non-hydrogen) atoms. The van der Waals surface area contributed by atoms with Crippen molar-refractivity contribution in [2.24, 2.45) is 0 Å². The van der Waals surface area contributed by atoms with E-state index in [4.69, 9.17) is 56.2 Å². The highest BCUT2D eigenvalue weighted by molar-refractivity contribution is 7.80. The van der Waals surface area contributed by atoms with Crippen molar-refractivity contribution in [3.05, 3.63) is 99.4 Å². The summed E-state index contributed by atoms with van der Waals surface area (Å²) in [5.74, 6) is 1.90. The van der Waals surface area contributed by atoms with Crippen molar-refractivity contribution in [2.45, 2.75) is 12.1 Å². The maximum absolute atomic E-state index is 6.44. The van der Waals surface area contributed by atoms with E-state index in [-0.39, 0.29) is 12.1 Å². The number of ether oxygens (including phenoxy) is 1. The van der Waals surface area contributed by atoms with Gasteiger partial charge in [-0.3, -0.25) is 4.98 Å². The summed E-state index contributed by atoms with van der Waals surface area (Å²) in [6, 6.07) is 19.9. The molecule has 0 amide bonds. The number of halogens is 3. The highest BCUT2D eigenvalue weighted by atomic mass is 35.5. The van der Waals surface area contributed by atoms with Crippen LogP contribution in [0.15, 0.2) is 77.3 Å². The molecule has 1 N–H and O–H groups in total. The molecule has 5 rings (SSSR count). The van der Waals surface area contributed by atoms with Crippen molar-refractivity contribution >= 4 is 57.8 Å². The minimum atomic E-state index is -0.327. The van der Waals surface area contributed by atoms with Crippen molar-refractivity contribution in [1.82, 2.24) is 10.3 Å². The first-order valence-electron chi connectivity index (χ1n) is 10.4. The molecule has 9 heteroatoms. The maximum atomic E-state index is 6.44. The van der Waals surface area contributed by atoms with Crippen LogP contribution in [0.4, 0.5) is 5.69 Å². The molecule has 0 radical (unpaired) electrons. The van der Waals surface area contributed by atoms with Gasteiger partial charge in [0.1, 0.15) is 23.3 Å². The molecular formula is C25H18Cl3N3O2S. The highest BCUT2D eigenvalue weighted by Crippen LogP contribution is 2.44. The molecule has 172 valence electrons. The third-order valence-electron chi connectivity index (χ3n) is 5.63. The Hall–Kier alpha value is -2.77. The fraction of sp³-hybridized carbons (Fsp3) is 0.120. The fourth-order valence-corrected chi connectivity index (χ4v) is 5.17. The van der Waals surface area contributed by atoms with E-state index in [9.17, 15) is 0 Å². The molecule has 0 aliphatic carbocycles. The van der Waals surface area contributed by atoms with Gasteiger partial charge in [0.25, 0.3) is 0 Å². The van der Waals surface area contributed by atoms with Gasteiger partial charge in [0.15, 0.2) is 5.11 Å². The van der Waals surface area contributed by atoms with Gasteiger partial charge in [0.2, 0.25) is 0 Å². The zero-order valence-electron chi connectivity index (χ0n) is 17.8. The number of nitrogens with zero attached hydrogens (tertiary/aromatic N) is 2. The fourth-order valence-electron chi connectivity index (χ4n) is 4.07. The first-order chi connectivity index (χ1) is 16.5. The van der Waals surface area contributed by atoms with Crippen LogP contribution in [0.1, 0.15) is 23.5 Å². The van der Waals surface area contributed by atoms with Crippen molar-refractivity contribution in [2.75, 3.05) is 12.0 Å². The van der Waals surface area contributed by atoms with Gasteiger partial charge in [-0.1, -0.05) is 40.9 Å². The topological polar surface area (TPSA) is 50.5 Å². The Bertz CT molecular complexity index is 1360.